The summed E-state index contributed by atoms with van der Waals surface area (Å²) in [7, 11) is -3.16. The summed E-state index contributed by atoms with van der Waals surface area (Å²) in [6, 6.07) is -0.970. The average molecular weight is 323 g/mol. The fourth-order valence-electron chi connectivity index (χ4n) is 1.33. The van der Waals surface area contributed by atoms with Crippen molar-refractivity contribution in [2.24, 2.45) is 5.73 Å². The second-order valence-electron chi connectivity index (χ2n) is 5.16. The molecule has 0 fully saturated rings. The number of hydrogen-bond acceptors (Lipinski definition) is 5. The molecule has 3 atom stereocenters. The summed E-state index contributed by atoms with van der Waals surface area (Å²) in [4.78, 5) is 43.0. The number of aliphatic carboxylic acids is 1. The Morgan fingerprint density at radius 2 is 1.90 bits per heavy atom. The molecule has 0 rings (SSSR count). The van der Waals surface area contributed by atoms with Gasteiger partial charge in [0.25, 0.3) is 0 Å². The molecule has 0 aliphatic carbocycles. The van der Waals surface area contributed by atoms with Crippen LogP contribution in [-0.2, 0) is 18.9 Å². The van der Waals surface area contributed by atoms with Crippen molar-refractivity contribution in [3.8, 4) is 0 Å². The number of carbonyl (C=O) groups is 3. The molecule has 0 aromatic rings. The van der Waals surface area contributed by atoms with Gasteiger partial charge in [-0.05, 0) is 20.3 Å². The van der Waals surface area contributed by atoms with Crippen LogP contribution < -0.4 is 16.4 Å². The maximum Gasteiger partial charge on any atom is 0.344 e. The van der Waals surface area contributed by atoms with E-state index in [2.05, 4.69) is 10.6 Å². The van der Waals surface area contributed by atoms with E-state index in [9.17, 15) is 18.9 Å². The molecule has 0 aromatic heterocycles. The van der Waals surface area contributed by atoms with Crippen LogP contribution in [-0.4, -0.2) is 52.3 Å². The highest BCUT2D eigenvalue weighted by molar-refractivity contribution is 7.57. The third-order valence-corrected chi connectivity index (χ3v) is 3.72. The quantitative estimate of drug-likeness (QED) is 0.284. The average Bonchev–Trinajstić information content (AvgIpc) is 2.25. The molecule has 0 saturated carbocycles. The third kappa shape index (κ3) is 8.44. The van der Waals surface area contributed by atoms with Crippen LogP contribution in [0.3, 0.4) is 0 Å². The number of carboxylic acid groups (broad SMARTS) is 1. The molecule has 0 heterocycles. The Kier molecular flexibility index (Phi) is 7.02. The molecule has 0 saturated heterocycles. The summed E-state index contributed by atoms with van der Waals surface area (Å²) < 4.78 is 11.0. The standard InChI is InChI=1S/C11H22N3O6P/c1-7(9(16)14-11(2,12)10(17)18)13-8(15)5-4-6-21(3,19)20/h7H,4-6,12H2,1-3H3,(H,13,15)(H,14,16)(H,17,18)(H,19,20). The van der Waals surface area contributed by atoms with Gasteiger partial charge >= 0.3 is 5.97 Å². The van der Waals surface area contributed by atoms with E-state index in [0.29, 0.717) is 0 Å². The lowest BCUT2D eigenvalue weighted by Gasteiger charge is -2.23. The highest BCUT2D eigenvalue weighted by Crippen LogP contribution is 2.35. The Labute approximate surface area is 122 Å². The summed E-state index contributed by atoms with van der Waals surface area (Å²) in [6.45, 7) is 3.69. The van der Waals surface area contributed by atoms with Gasteiger partial charge in [-0.25, -0.2) is 4.79 Å². The molecule has 0 radical (unpaired) electrons. The van der Waals surface area contributed by atoms with Crippen molar-refractivity contribution in [2.75, 3.05) is 12.8 Å². The van der Waals surface area contributed by atoms with Crippen molar-refractivity contribution in [3.63, 3.8) is 0 Å². The Morgan fingerprint density at radius 3 is 2.33 bits per heavy atom. The molecule has 3 unspecified atom stereocenters. The van der Waals surface area contributed by atoms with Crippen molar-refractivity contribution in [1.29, 1.82) is 0 Å². The number of rotatable bonds is 8. The van der Waals surface area contributed by atoms with E-state index in [4.69, 9.17) is 15.7 Å². The molecule has 0 spiro atoms. The van der Waals surface area contributed by atoms with Gasteiger partial charge in [-0.3, -0.25) is 19.9 Å². The number of carboxylic acids is 1. The molecule has 122 valence electrons. The number of hydrogen-bond donors (Lipinski definition) is 5. The highest BCUT2D eigenvalue weighted by Gasteiger charge is 2.31. The number of carbonyl (C=O) groups excluding carboxylic acids is 2. The SMILES string of the molecule is CC(NC(=O)CCCP(C)(=O)O)C(=O)NC(C)(N)C(=O)O. The van der Waals surface area contributed by atoms with Gasteiger partial charge in [0.2, 0.25) is 11.8 Å². The van der Waals surface area contributed by atoms with Gasteiger partial charge in [-0.2, -0.15) is 0 Å². The predicted octanol–water partition coefficient (Wildman–Crippen LogP) is -0.953. The van der Waals surface area contributed by atoms with Crippen LogP contribution in [0.15, 0.2) is 0 Å². The van der Waals surface area contributed by atoms with Crippen molar-refractivity contribution >= 4 is 25.2 Å². The largest absolute Gasteiger partial charge is 0.479 e. The van der Waals surface area contributed by atoms with Crippen LogP contribution in [0.5, 0.6) is 0 Å². The maximum absolute atomic E-state index is 11.7. The maximum atomic E-state index is 11.7. The zero-order valence-electron chi connectivity index (χ0n) is 12.3. The normalized spacial score (nSPS) is 18.0. The fourth-order valence-corrected chi connectivity index (χ4v) is 2.07. The first-order valence-electron chi connectivity index (χ1n) is 6.28. The summed E-state index contributed by atoms with van der Waals surface area (Å²) in [6.07, 6.45) is 0.226. The lowest BCUT2D eigenvalue weighted by Crippen LogP contribution is -2.62. The lowest BCUT2D eigenvalue weighted by molar-refractivity contribution is -0.147. The van der Waals surface area contributed by atoms with E-state index in [1.54, 1.807) is 0 Å². The smallest absolute Gasteiger partial charge is 0.344 e. The second-order valence-corrected chi connectivity index (χ2v) is 7.71. The third-order valence-electron chi connectivity index (χ3n) is 2.57. The van der Waals surface area contributed by atoms with Gasteiger partial charge < -0.3 is 20.6 Å². The van der Waals surface area contributed by atoms with Crippen LogP contribution in [0.2, 0.25) is 0 Å². The molecule has 0 aliphatic rings. The molecule has 10 heteroatoms. The van der Waals surface area contributed by atoms with Crippen molar-refractivity contribution < 1.29 is 28.9 Å². The Hall–Kier alpha value is -1.44. The van der Waals surface area contributed by atoms with E-state index in [0.717, 1.165) is 6.92 Å². The van der Waals surface area contributed by atoms with Gasteiger partial charge in [-0.1, -0.05) is 0 Å². The van der Waals surface area contributed by atoms with E-state index >= 15 is 0 Å². The first-order chi connectivity index (χ1) is 9.35. The molecule has 9 nitrogen and oxygen atoms in total. The fraction of sp³-hybridized carbons (Fsp3) is 0.727. The Bertz CT molecular complexity index is 459. The van der Waals surface area contributed by atoms with Crippen LogP contribution in [0, 0.1) is 0 Å². The van der Waals surface area contributed by atoms with E-state index in [1.165, 1.54) is 13.6 Å². The van der Waals surface area contributed by atoms with E-state index in [-0.39, 0.29) is 19.0 Å². The number of nitrogens with one attached hydrogen (secondary N) is 2. The minimum absolute atomic E-state index is 0.00513. The molecular weight excluding hydrogens is 301 g/mol. The monoisotopic (exact) mass is 323 g/mol. The zero-order valence-corrected chi connectivity index (χ0v) is 13.1. The molecule has 0 bridgehead atoms. The van der Waals surface area contributed by atoms with Crippen LogP contribution in [0.4, 0.5) is 0 Å². The van der Waals surface area contributed by atoms with Crippen LogP contribution in [0.25, 0.3) is 0 Å². The van der Waals surface area contributed by atoms with Gasteiger partial charge in [0.05, 0.1) is 0 Å². The van der Waals surface area contributed by atoms with E-state index in [1.807, 2.05) is 0 Å². The molecular formula is C11H22N3O6P. The van der Waals surface area contributed by atoms with Crippen molar-refractivity contribution in [2.45, 2.75) is 38.4 Å². The highest BCUT2D eigenvalue weighted by atomic mass is 31.2. The summed E-state index contributed by atoms with van der Waals surface area (Å²) in [5, 5.41) is 13.2. The molecule has 0 aromatic carbocycles. The number of amides is 2. The summed E-state index contributed by atoms with van der Waals surface area (Å²) in [5.74, 6) is -2.62. The van der Waals surface area contributed by atoms with Crippen molar-refractivity contribution in [3.05, 3.63) is 0 Å². The van der Waals surface area contributed by atoms with E-state index < -0.39 is 36.9 Å². The minimum Gasteiger partial charge on any atom is -0.479 e. The Morgan fingerprint density at radius 1 is 1.38 bits per heavy atom. The zero-order chi connectivity index (χ0) is 16.8. The van der Waals surface area contributed by atoms with Gasteiger partial charge in [-0.15, -0.1) is 0 Å². The summed E-state index contributed by atoms with van der Waals surface area (Å²) in [5.41, 5.74) is 3.43. The number of nitrogens with two attached hydrogens (primary N) is 1. The van der Waals surface area contributed by atoms with Gasteiger partial charge in [0.1, 0.15) is 6.04 Å². The summed E-state index contributed by atoms with van der Waals surface area (Å²) >= 11 is 0. The first kappa shape index (κ1) is 19.6. The Balaban J connectivity index is 4.27. The van der Waals surface area contributed by atoms with Gasteiger partial charge in [0.15, 0.2) is 13.0 Å². The lowest BCUT2D eigenvalue weighted by atomic mass is 10.2. The molecule has 2 amide bonds. The topological polar surface area (TPSA) is 159 Å². The van der Waals surface area contributed by atoms with Crippen LogP contribution in [0.1, 0.15) is 26.7 Å². The minimum atomic E-state index is -3.16. The predicted molar refractivity (Wildman–Crippen MR) is 75.8 cm³/mol. The van der Waals surface area contributed by atoms with Gasteiger partial charge in [0, 0.05) is 19.2 Å². The molecule has 6 N–H and O–H groups in total. The van der Waals surface area contributed by atoms with Crippen molar-refractivity contribution in [1.82, 2.24) is 10.6 Å². The molecule has 0 aliphatic heterocycles. The second kappa shape index (κ2) is 7.53. The molecule has 21 heavy (non-hydrogen) atoms. The first-order valence-corrected chi connectivity index (χ1v) is 8.57. The van der Waals surface area contributed by atoms with Crippen LogP contribution >= 0.6 is 7.37 Å².